The summed E-state index contributed by atoms with van der Waals surface area (Å²) in [5.74, 6) is 0. The lowest BCUT2D eigenvalue weighted by Gasteiger charge is -1.86. The summed E-state index contributed by atoms with van der Waals surface area (Å²) in [6.45, 7) is 0. The van der Waals surface area contributed by atoms with E-state index in [1.807, 2.05) is 19.2 Å². The summed E-state index contributed by atoms with van der Waals surface area (Å²) in [6, 6.07) is 3.89. The molecule has 2 aromatic heterocycles. The number of hydrogen-bond donors (Lipinski definition) is 1. The van der Waals surface area contributed by atoms with Crippen LogP contribution < -0.4 is 0 Å². The highest BCUT2D eigenvalue weighted by Gasteiger charge is 2.05. The number of aryl methyl sites for hydroxylation is 1. The number of nitrogens with zero attached hydrogens (tertiary/aromatic N) is 4. The average Bonchev–Trinajstić information content (AvgIpc) is 2.65. The molecule has 3 aromatic rings. The number of rotatable bonds is 0. The number of H-pyrrole nitrogens is 1. The highest BCUT2D eigenvalue weighted by atomic mass is 15.4. The lowest BCUT2D eigenvalue weighted by atomic mass is 10.3. The van der Waals surface area contributed by atoms with Gasteiger partial charge in [-0.1, -0.05) is 0 Å². The number of aromatic amines is 1. The molecule has 0 aliphatic rings. The molecule has 0 unspecified atom stereocenters. The van der Waals surface area contributed by atoms with Crippen LogP contribution in [-0.4, -0.2) is 25.0 Å². The molecule has 0 bridgehead atoms. The maximum atomic E-state index is 4.27. The molecule has 0 saturated carbocycles. The SMILES string of the molecule is Cn1nc2c(ccc3ncnc32)[nH]1. The van der Waals surface area contributed by atoms with Crippen LogP contribution in [0.25, 0.3) is 22.1 Å². The van der Waals surface area contributed by atoms with Gasteiger partial charge >= 0.3 is 0 Å². The van der Waals surface area contributed by atoms with E-state index in [1.165, 1.54) is 0 Å². The summed E-state index contributed by atoms with van der Waals surface area (Å²) in [4.78, 5) is 9.92. The van der Waals surface area contributed by atoms with Crippen molar-refractivity contribution in [2.75, 3.05) is 0 Å². The number of imidazole rings is 1. The van der Waals surface area contributed by atoms with E-state index in [2.05, 4.69) is 20.2 Å². The largest absolute Gasteiger partial charge is 0.281 e. The molecule has 0 aliphatic heterocycles. The van der Waals surface area contributed by atoms with Gasteiger partial charge in [0.1, 0.15) is 17.4 Å². The highest BCUT2D eigenvalue weighted by molar-refractivity contribution is 5.99. The molecule has 0 atom stereocenters. The first kappa shape index (κ1) is 6.59. The number of benzene rings is 1. The van der Waals surface area contributed by atoms with Crippen LogP contribution in [0.4, 0.5) is 0 Å². The molecule has 5 heteroatoms. The first-order valence-electron chi connectivity index (χ1n) is 3.97. The van der Waals surface area contributed by atoms with Crippen LogP contribution in [-0.2, 0) is 7.05 Å². The summed E-state index contributed by atoms with van der Waals surface area (Å²) < 4.78 is 0. The molecule has 1 N–H and O–H groups in total. The van der Waals surface area contributed by atoms with Gasteiger partial charge in [0, 0.05) is 7.05 Å². The minimum absolute atomic E-state index is 0.856. The van der Waals surface area contributed by atoms with Crippen LogP contribution in [0.5, 0.6) is 0 Å². The summed E-state index contributed by atoms with van der Waals surface area (Å²) in [5, 5.41) is 7.35. The van der Waals surface area contributed by atoms with Crippen LogP contribution in [0.3, 0.4) is 0 Å². The van der Waals surface area contributed by atoms with E-state index >= 15 is 0 Å². The summed E-state index contributed by atoms with van der Waals surface area (Å²) in [5.41, 5.74) is 3.60. The molecule has 1 aromatic carbocycles. The lowest BCUT2D eigenvalue weighted by Crippen LogP contribution is -1.90. The highest BCUT2D eigenvalue weighted by Crippen LogP contribution is 2.18. The van der Waals surface area contributed by atoms with E-state index in [-0.39, 0.29) is 0 Å². The number of aromatic nitrogens is 5. The van der Waals surface area contributed by atoms with Gasteiger partial charge in [0.05, 0.1) is 11.0 Å². The molecule has 64 valence electrons. The van der Waals surface area contributed by atoms with E-state index in [1.54, 1.807) is 11.1 Å². The van der Waals surface area contributed by atoms with Crippen LogP contribution in [0, 0.1) is 0 Å². The Kier molecular flexibility index (Phi) is 1.05. The van der Waals surface area contributed by atoms with Gasteiger partial charge in [0.25, 0.3) is 0 Å². The molecule has 13 heavy (non-hydrogen) atoms. The van der Waals surface area contributed by atoms with Gasteiger partial charge in [0.2, 0.25) is 0 Å². The second-order valence-corrected chi connectivity index (χ2v) is 2.94. The summed E-state index contributed by atoms with van der Waals surface area (Å²) >= 11 is 0. The molecule has 0 spiro atoms. The van der Waals surface area contributed by atoms with Gasteiger partial charge in [-0.05, 0) is 12.1 Å². The smallest absolute Gasteiger partial charge is 0.138 e. The van der Waals surface area contributed by atoms with Crippen molar-refractivity contribution >= 4 is 22.1 Å². The molecule has 0 aliphatic carbocycles. The number of fused-ring (bicyclic) bond motifs is 3. The van der Waals surface area contributed by atoms with Crippen molar-refractivity contribution < 1.29 is 0 Å². The van der Waals surface area contributed by atoms with Crippen molar-refractivity contribution in [1.29, 1.82) is 0 Å². The van der Waals surface area contributed by atoms with Crippen molar-refractivity contribution in [2.45, 2.75) is 0 Å². The van der Waals surface area contributed by atoms with Crippen LogP contribution >= 0.6 is 0 Å². The third-order valence-electron chi connectivity index (χ3n) is 2.05. The Labute approximate surface area is 73.4 Å². The second kappa shape index (κ2) is 2.07. The monoisotopic (exact) mass is 173 g/mol. The fourth-order valence-electron chi connectivity index (χ4n) is 1.49. The molecule has 0 amide bonds. The standard InChI is InChI=1S/C8H7N5/c1-13-11-6-3-2-5-7(8(6)12-13)10-4-9-5/h2-4,11H,1H3. The van der Waals surface area contributed by atoms with Crippen LogP contribution in [0.15, 0.2) is 18.5 Å². The van der Waals surface area contributed by atoms with Crippen molar-refractivity contribution in [1.82, 2.24) is 25.0 Å². The third kappa shape index (κ3) is 0.780. The third-order valence-corrected chi connectivity index (χ3v) is 2.05. The van der Waals surface area contributed by atoms with E-state index < -0.39 is 0 Å². The van der Waals surface area contributed by atoms with E-state index in [9.17, 15) is 0 Å². The van der Waals surface area contributed by atoms with Gasteiger partial charge in [-0.2, -0.15) is 5.10 Å². The van der Waals surface area contributed by atoms with Gasteiger partial charge in [-0.15, -0.1) is 0 Å². The fourth-order valence-corrected chi connectivity index (χ4v) is 1.49. The molecular weight excluding hydrogens is 166 g/mol. The quantitative estimate of drug-likeness (QED) is 0.548. The molecule has 2 heterocycles. The molecule has 0 saturated heterocycles. The zero-order chi connectivity index (χ0) is 8.84. The summed E-state index contributed by atoms with van der Waals surface area (Å²) in [7, 11) is 1.85. The lowest BCUT2D eigenvalue weighted by molar-refractivity contribution is 0.665. The predicted molar refractivity (Wildman–Crippen MR) is 48.2 cm³/mol. The Morgan fingerprint density at radius 3 is 3.08 bits per heavy atom. The molecular formula is C8H7N5. The van der Waals surface area contributed by atoms with Gasteiger partial charge in [-0.3, -0.25) is 5.10 Å². The topological polar surface area (TPSA) is 59.4 Å². The van der Waals surface area contributed by atoms with E-state index in [0.29, 0.717) is 0 Å². The number of hydrogen-bond acceptors (Lipinski definition) is 3. The molecule has 5 nitrogen and oxygen atoms in total. The number of nitrogens with one attached hydrogen (secondary N) is 1. The van der Waals surface area contributed by atoms with Crippen molar-refractivity contribution in [2.24, 2.45) is 7.05 Å². The fraction of sp³-hybridized carbons (Fsp3) is 0.125. The maximum absolute atomic E-state index is 4.27. The van der Waals surface area contributed by atoms with Gasteiger partial charge < -0.3 is 0 Å². The Balaban J connectivity index is 2.64. The van der Waals surface area contributed by atoms with Gasteiger partial charge in [-0.25, -0.2) is 14.8 Å². The molecule has 3 rings (SSSR count). The first-order valence-corrected chi connectivity index (χ1v) is 3.97. The molecule has 0 fully saturated rings. The Morgan fingerprint density at radius 1 is 1.23 bits per heavy atom. The Bertz CT molecular complexity index is 576. The Hall–Kier alpha value is -1.91. The van der Waals surface area contributed by atoms with E-state index in [0.717, 1.165) is 22.1 Å². The summed E-state index contributed by atoms with van der Waals surface area (Å²) in [6.07, 6.45) is 1.55. The van der Waals surface area contributed by atoms with Crippen molar-refractivity contribution in [3.63, 3.8) is 0 Å². The maximum Gasteiger partial charge on any atom is 0.138 e. The van der Waals surface area contributed by atoms with Crippen molar-refractivity contribution in [3.05, 3.63) is 18.5 Å². The minimum atomic E-state index is 0.856. The van der Waals surface area contributed by atoms with E-state index in [4.69, 9.17) is 0 Å². The second-order valence-electron chi connectivity index (χ2n) is 2.94. The minimum Gasteiger partial charge on any atom is -0.281 e. The predicted octanol–water partition coefficient (Wildman–Crippen LogP) is 0.845. The zero-order valence-corrected chi connectivity index (χ0v) is 7.02. The zero-order valence-electron chi connectivity index (χ0n) is 7.02. The first-order chi connectivity index (χ1) is 6.34. The van der Waals surface area contributed by atoms with Gasteiger partial charge in [0.15, 0.2) is 0 Å². The normalized spacial score (nSPS) is 11.5. The van der Waals surface area contributed by atoms with Crippen LogP contribution in [0.2, 0.25) is 0 Å². The average molecular weight is 173 g/mol. The Morgan fingerprint density at radius 2 is 2.15 bits per heavy atom. The van der Waals surface area contributed by atoms with Crippen molar-refractivity contribution in [3.8, 4) is 0 Å². The van der Waals surface area contributed by atoms with Crippen LogP contribution in [0.1, 0.15) is 0 Å². The molecule has 0 radical (unpaired) electrons.